The van der Waals surface area contributed by atoms with Crippen LogP contribution in [-0.4, -0.2) is 7.05 Å². The van der Waals surface area contributed by atoms with Crippen LogP contribution >= 0.6 is 27.3 Å². The maximum Gasteiger partial charge on any atom is 0.0360 e. The number of thiophene rings is 1. The molecule has 2 rings (SSSR count). The predicted octanol–water partition coefficient (Wildman–Crippen LogP) is 3.90. The molecular formula is C12H12BrNS. The van der Waals surface area contributed by atoms with Gasteiger partial charge in [0.2, 0.25) is 0 Å². The molecule has 1 aromatic heterocycles. The molecule has 0 unspecified atom stereocenters. The van der Waals surface area contributed by atoms with E-state index in [1.165, 1.54) is 21.2 Å². The molecule has 0 spiro atoms. The van der Waals surface area contributed by atoms with Crippen LogP contribution in [0.25, 0.3) is 11.1 Å². The monoisotopic (exact) mass is 281 g/mol. The van der Waals surface area contributed by atoms with Gasteiger partial charge in [0.1, 0.15) is 0 Å². The highest BCUT2D eigenvalue weighted by Gasteiger charge is 2.07. The maximum absolute atomic E-state index is 3.58. The summed E-state index contributed by atoms with van der Waals surface area (Å²) >= 11 is 5.30. The summed E-state index contributed by atoms with van der Waals surface area (Å²) in [7, 11) is 1.97. The van der Waals surface area contributed by atoms with Crippen molar-refractivity contribution in [2.24, 2.45) is 0 Å². The van der Waals surface area contributed by atoms with Crippen LogP contribution in [0.5, 0.6) is 0 Å². The minimum Gasteiger partial charge on any atom is -0.316 e. The fourth-order valence-corrected chi connectivity index (χ4v) is 3.11. The third-order valence-electron chi connectivity index (χ3n) is 2.29. The molecule has 0 aliphatic heterocycles. The van der Waals surface area contributed by atoms with Crippen LogP contribution in [0, 0.1) is 0 Å². The molecule has 1 nitrogen and oxygen atoms in total. The average Bonchev–Trinajstić information content (AvgIpc) is 2.66. The van der Waals surface area contributed by atoms with E-state index in [2.05, 4.69) is 56.3 Å². The Balaban J connectivity index is 2.48. The molecule has 0 radical (unpaired) electrons. The molecule has 0 aliphatic carbocycles. The summed E-state index contributed by atoms with van der Waals surface area (Å²) in [5.74, 6) is 0. The van der Waals surface area contributed by atoms with Crippen LogP contribution in [0.15, 0.2) is 39.5 Å². The zero-order chi connectivity index (χ0) is 10.7. The molecule has 1 heterocycles. The Morgan fingerprint density at radius 3 is 2.67 bits per heavy atom. The highest BCUT2D eigenvalue weighted by atomic mass is 79.9. The van der Waals surface area contributed by atoms with Gasteiger partial charge in [-0.05, 0) is 39.5 Å². The smallest absolute Gasteiger partial charge is 0.0360 e. The van der Waals surface area contributed by atoms with Gasteiger partial charge >= 0.3 is 0 Å². The molecule has 1 N–H and O–H groups in total. The first kappa shape index (κ1) is 10.9. The maximum atomic E-state index is 3.58. The lowest BCUT2D eigenvalue weighted by Gasteiger charge is -2.07. The van der Waals surface area contributed by atoms with Crippen molar-refractivity contribution in [2.75, 3.05) is 7.05 Å². The van der Waals surface area contributed by atoms with E-state index in [-0.39, 0.29) is 0 Å². The number of halogens is 1. The topological polar surface area (TPSA) is 12.0 Å². The van der Waals surface area contributed by atoms with Gasteiger partial charge in [0.25, 0.3) is 0 Å². The minimum atomic E-state index is 0.901. The van der Waals surface area contributed by atoms with E-state index in [1.807, 2.05) is 7.05 Å². The predicted molar refractivity (Wildman–Crippen MR) is 70.2 cm³/mol. The summed E-state index contributed by atoms with van der Waals surface area (Å²) < 4.78 is 1.18. The van der Waals surface area contributed by atoms with Gasteiger partial charge in [-0.3, -0.25) is 0 Å². The Morgan fingerprint density at radius 1 is 1.20 bits per heavy atom. The second-order valence-electron chi connectivity index (χ2n) is 3.32. The molecule has 0 aliphatic rings. The first-order valence-electron chi connectivity index (χ1n) is 4.77. The van der Waals surface area contributed by atoms with Crippen LogP contribution in [0.2, 0.25) is 0 Å². The number of nitrogens with one attached hydrogen (secondary N) is 1. The molecule has 0 fully saturated rings. The van der Waals surface area contributed by atoms with Crippen molar-refractivity contribution in [3.63, 3.8) is 0 Å². The van der Waals surface area contributed by atoms with Gasteiger partial charge in [-0.1, -0.05) is 24.3 Å². The van der Waals surface area contributed by atoms with Crippen molar-refractivity contribution < 1.29 is 0 Å². The Hall–Kier alpha value is -0.640. The van der Waals surface area contributed by atoms with Crippen molar-refractivity contribution in [2.45, 2.75) is 6.54 Å². The molecule has 15 heavy (non-hydrogen) atoms. The van der Waals surface area contributed by atoms with Crippen LogP contribution in [-0.2, 0) is 6.54 Å². The molecule has 0 saturated heterocycles. The zero-order valence-corrected chi connectivity index (χ0v) is 10.9. The quantitative estimate of drug-likeness (QED) is 0.900. The first-order valence-corrected chi connectivity index (χ1v) is 6.51. The highest BCUT2D eigenvalue weighted by Crippen LogP contribution is 2.33. The van der Waals surface area contributed by atoms with E-state index in [1.54, 1.807) is 11.3 Å². The standard InChI is InChI=1S/C12H12BrNS/c1-14-6-9-4-2-3-5-10(9)11-7-15-8-12(11)13/h2-5,7-8,14H,6H2,1H3. The van der Waals surface area contributed by atoms with Crippen LogP contribution < -0.4 is 5.32 Å². The lowest BCUT2D eigenvalue weighted by molar-refractivity contribution is 0.819. The molecule has 0 saturated carbocycles. The van der Waals surface area contributed by atoms with E-state index in [0.717, 1.165) is 6.54 Å². The number of rotatable bonds is 3. The van der Waals surface area contributed by atoms with Gasteiger partial charge in [0.15, 0.2) is 0 Å². The van der Waals surface area contributed by atoms with Gasteiger partial charge in [-0.25, -0.2) is 0 Å². The number of hydrogen-bond donors (Lipinski definition) is 1. The summed E-state index contributed by atoms with van der Waals surface area (Å²) in [5.41, 5.74) is 3.92. The summed E-state index contributed by atoms with van der Waals surface area (Å²) in [4.78, 5) is 0. The zero-order valence-electron chi connectivity index (χ0n) is 8.46. The van der Waals surface area contributed by atoms with Gasteiger partial charge in [0.05, 0.1) is 0 Å². The Bertz CT molecular complexity index is 450. The van der Waals surface area contributed by atoms with Crippen LogP contribution in [0.4, 0.5) is 0 Å². The molecule has 3 heteroatoms. The molecule has 0 bridgehead atoms. The SMILES string of the molecule is CNCc1ccccc1-c1cscc1Br. The molecule has 0 atom stereocenters. The van der Waals surface area contributed by atoms with Gasteiger partial charge < -0.3 is 5.32 Å². The third kappa shape index (κ3) is 2.30. The van der Waals surface area contributed by atoms with E-state index in [4.69, 9.17) is 0 Å². The van der Waals surface area contributed by atoms with Crippen molar-refractivity contribution in [3.05, 3.63) is 45.1 Å². The fourth-order valence-electron chi connectivity index (χ4n) is 1.60. The van der Waals surface area contributed by atoms with Crippen molar-refractivity contribution >= 4 is 27.3 Å². The summed E-state index contributed by atoms with van der Waals surface area (Å²) in [6, 6.07) is 8.49. The summed E-state index contributed by atoms with van der Waals surface area (Å²) in [6.45, 7) is 0.901. The third-order valence-corrected chi connectivity index (χ3v) is 3.99. The molecular weight excluding hydrogens is 270 g/mol. The largest absolute Gasteiger partial charge is 0.316 e. The lowest BCUT2D eigenvalue weighted by Crippen LogP contribution is -2.06. The molecule has 78 valence electrons. The van der Waals surface area contributed by atoms with E-state index < -0.39 is 0 Å². The highest BCUT2D eigenvalue weighted by molar-refractivity contribution is 9.10. The first-order chi connectivity index (χ1) is 7.33. The van der Waals surface area contributed by atoms with Crippen molar-refractivity contribution in [3.8, 4) is 11.1 Å². The lowest BCUT2D eigenvalue weighted by atomic mass is 10.0. The van der Waals surface area contributed by atoms with Crippen LogP contribution in [0.1, 0.15) is 5.56 Å². The van der Waals surface area contributed by atoms with Gasteiger partial charge in [0, 0.05) is 22.0 Å². The second-order valence-corrected chi connectivity index (χ2v) is 4.92. The normalized spacial score (nSPS) is 10.5. The van der Waals surface area contributed by atoms with E-state index >= 15 is 0 Å². The van der Waals surface area contributed by atoms with E-state index in [9.17, 15) is 0 Å². The fraction of sp³-hybridized carbons (Fsp3) is 0.167. The minimum absolute atomic E-state index is 0.901. The van der Waals surface area contributed by atoms with Gasteiger partial charge in [-0.2, -0.15) is 11.3 Å². The number of benzene rings is 1. The van der Waals surface area contributed by atoms with Gasteiger partial charge in [-0.15, -0.1) is 0 Å². The average molecular weight is 282 g/mol. The van der Waals surface area contributed by atoms with E-state index in [0.29, 0.717) is 0 Å². The second kappa shape index (κ2) is 4.92. The molecule has 0 amide bonds. The summed E-state index contributed by atoms with van der Waals surface area (Å²) in [5, 5.41) is 7.49. The Labute approximate surface area is 102 Å². The number of hydrogen-bond acceptors (Lipinski definition) is 2. The van der Waals surface area contributed by atoms with Crippen LogP contribution in [0.3, 0.4) is 0 Å². The molecule has 2 aromatic rings. The van der Waals surface area contributed by atoms with Crippen molar-refractivity contribution in [1.82, 2.24) is 5.32 Å². The summed E-state index contributed by atoms with van der Waals surface area (Å²) in [6.07, 6.45) is 0. The van der Waals surface area contributed by atoms with Crippen molar-refractivity contribution in [1.29, 1.82) is 0 Å². The molecule has 1 aromatic carbocycles. The Kier molecular flexibility index (Phi) is 3.57. The Morgan fingerprint density at radius 2 is 2.00 bits per heavy atom.